The van der Waals surface area contributed by atoms with Gasteiger partial charge >= 0.3 is 0 Å². The Balaban J connectivity index is 2.24. The molecule has 0 aliphatic rings. The van der Waals surface area contributed by atoms with Gasteiger partial charge in [-0.1, -0.05) is 18.2 Å². The van der Waals surface area contributed by atoms with E-state index in [0.29, 0.717) is 11.3 Å². The van der Waals surface area contributed by atoms with Gasteiger partial charge in [-0.25, -0.2) is 4.39 Å². The van der Waals surface area contributed by atoms with Gasteiger partial charge in [-0.05, 0) is 55.8 Å². The van der Waals surface area contributed by atoms with Gasteiger partial charge in [0.15, 0.2) is 11.6 Å². The second-order valence-electron chi connectivity index (χ2n) is 4.61. The lowest BCUT2D eigenvalue weighted by atomic mass is 10.1. The lowest BCUT2D eigenvalue weighted by Crippen LogP contribution is -2.06. The number of nitrogens with one attached hydrogen (secondary N) is 1. The summed E-state index contributed by atoms with van der Waals surface area (Å²) in [6.45, 7) is 4.56. The van der Waals surface area contributed by atoms with Crippen molar-refractivity contribution in [2.75, 3.05) is 7.05 Å². The third-order valence-corrected chi connectivity index (χ3v) is 3.07. The van der Waals surface area contributed by atoms with E-state index in [1.54, 1.807) is 25.1 Å². The smallest absolute Gasteiger partial charge is 0.168 e. The number of hydrogen-bond donors (Lipinski definition) is 1. The van der Waals surface area contributed by atoms with Crippen LogP contribution in [0.15, 0.2) is 36.4 Å². The van der Waals surface area contributed by atoms with Crippen LogP contribution in [-0.4, -0.2) is 7.05 Å². The molecule has 0 aliphatic heterocycles. The summed E-state index contributed by atoms with van der Waals surface area (Å²) >= 11 is 0. The Morgan fingerprint density at radius 3 is 2.58 bits per heavy atom. The van der Waals surface area contributed by atoms with Crippen molar-refractivity contribution in [2.45, 2.75) is 20.4 Å². The largest absolute Gasteiger partial charge is 0.454 e. The van der Waals surface area contributed by atoms with Crippen LogP contribution in [0.25, 0.3) is 0 Å². The van der Waals surface area contributed by atoms with Crippen molar-refractivity contribution in [3.63, 3.8) is 0 Å². The Kier molecular flexibility index (Phi) is 4.17. The molecule has 0 aromatic heterocycles. The van der Waals surface area contributed by atoms with Gasteiger partial charge in [-0.3, -0.25) is 0 Å². The van der Waals surface area contributed by atoms with E-state index in [-0.39, 0.29) is 11.6 Å². The fourth-order valence-electron chi connectivity index (χ4n) is 1.95. The van der Waals surface area contributed by atoms with Crippen molar-refractivity contribution in [1.82, 2.24) is 5.32 Å². The number of aryl methyl sites for hydroxylation is 2. The molecule has 0 aliphatic carbocycles. The second kappa shape index (κ2) is 5.85. The summed E-state index contributed by atoms with van der Waals surface area (Å²) in [6.07, 6.45) is 0. The minimum Gasteiger partial charge on any atom is -0.454 e. The summed E-state index contributed by atoms with van der Waals surface area (Å²) < 4.78 is 19.5. The predicted molar refractivity (Wildman–Crippen MR) is 75.2 cm³/mol. The molecule has 0 atom stereocenters. The van der Waals surface area contributed by atoms with Crippen LogP contribution in [0.3, 0.4) is 0 Å². The predicted octanol–water partition coefficient (Wildman–Crippen LogP) is 3.95. The highest BCUT2D eigenvalue weighted by atomic mass is 19.1. The highest BCUT2D eigenvalue weighted by Gasteiger charge is 2.07. The third kappa shape index (κ3) is 3.12. The molecule has 100 valence electrons. The van der Waals surface area contributed by atoms with Gasteiger partial charge in [0.25, 0.3) is 0 Å². The van der Waals surface area contributed by atoms with Crippen molar-refractivity contribution < 1.29 is 9.13 Å². The fraction of sp³-hybridized carbons (Fsp3) is 0.250. The van der Waals surface area contributed by atoms with Gasteiger partial charge in [0.1, 0.15) is 5.75 Å². The molecule has 0 saturated carbocycles. The fourth-order valence-corrected chi connectivity index (χ4v) is 1.95. The highest BCUT2D eigenvalue weighted by molar-refractivity contribution is 5.39. The summed E-state index contributed by atoms with van der Waals surface area (Å²) in [6, 6.07) is 10.9. The van der Waals surface area contributed by atoms with Gasteiger partial charge < -0.3 is 10.1 Å². The Bertz CT molecular complexity index is 581. The van der Waals surface area contributed by atoms with E-state index in [0.717, 1.165) is 12.1 Å². The quantitative estimate of drug-likeness (QED) is 0.897. The van der Waals surface area contributed by atoms with Gasteiger partial charge in [-0.15, -0.1) is 0 Å². The first-order valence-corrected chi connectivity index (χ1v) is 6.29. The lowest BCUT2D eigenvalue weighted by molar-refractivity contribution is 0.439. The molecule has 0 amide bonds. The molecule has 0 saturated heterocycles. The van der Waals surface area contributed by atoms with E-state index in [2.05, 4.69) is 5.32 Å². The minimum absolute atomic E-state index is 0.265. The van der Waals surface area contributed by atoms with Gasteiger partial charge in [0, 0.05) is 6.54 Å². The number of hydrogen-bond acceptors (Lipinski definition) is 2. The zero-order valence-electron chi connectivity index (χ0n) is 11.5. The maximum absolute atomic E-state index is 13.9. The maximum atomic E-state index is 13.9. The zero-order valence-corrected chi connectivity index (χ0v) is 11.5. The molecule has 0 bridgehead atoms. The average Bonchev–Trinajstić information content (AvgIpc) is 2.38. The first-order valence-electron chi connectivity index (χ1n) is 6.29. The summed E-state index contributed by atoms with van der Waals surface area (Å²) in [5.41, 5.74) is 2.92. The van der Waals surface area contributed by atoms with E-state index >= 15 is 0 Å². The molecule has 1 N–H and O–H groups in total. The molecule has 2 nitrogen and oxygen atoms in total. The molecular formula is C16H18FNO. The van der Waals surface area contributed by atoms with E-state index in [9.17, 15) is 4.39 Å². The zero-order chi connectivity index (χ0) is 13.8. The van der Waals surface area contributed by atoms with Crippen molar-refractivity contribution in [2.24, 2.45) is 0 Å². The van der Waals surface area contributed by atoms with E-state index in [1.807, 2.05) is 32.2 Å². The first-order chi connectivity index (χ1) is 9.11. The van der Waals surface area contributed by atoms with Crippen LogP contribution in [0, 0.1) is 19.7 Å². The SMILES string of the molecule is CNCc1ccc(Oc2cccc(C)c2F)cc1C. The number of rotatable bonds is 4. The third-order valence-electron chi connectivity index (χ3n) is 3.07. The van der Waals surface area contributed by atoms with E-state index in [4.69, 9.17) is 4.74 Å². The molecule has 19 heavy (non-hydrogen) atoms. The van der Waals surface area contributed by atoms with Crippen molar-refractivity contribution in [3.05, 3.63) is 58.9 Å². The topological polar surface area (TPSA) is 21.3 Å². The van der Waals surface area contributed by atoms with Crippen LogP contribution in [0.4, 0.5) is 4.39 Å². The van der Waals surface area contributed by atoms with Crippen LogP contribution in [0.2, 0.25) is 0 Å². The Morgan fingerprint density at radius 2 is 1.89 bits per heavy atom. The van der Waals surface area contributed by atoms with Crippen LogP contribution in [-0.2, 0) is 6.54 Å². The molecule has 2 rings (SSSR count). The Hall–Kier alpha value is -1.87. The average molecular weight is 259 g/mol. The van der Waals surface area contributed by atoms with Crippen LogP contribution >= 0.6 is 0 Å². The van der Waals surface area contributed by atoms with E-state index < -0.39 is 0 Å². The summed E-state index contributed by atoms with van der Waals surface area (Å²) in [7, 11) is 1.91. The standard InChI is InChI=1S/C16H18FNO/c1-11-5-4-6-15(16(11)17)19-14-8-7-13(10-18-3)12(2)9-14/h4-9,18H,10H2,1-3H3. The Morgan fingerprint density at radius 1 is 1.11 bits per heavy atom. The highest BCUT2D eigenvalue weighted by Crippen LogP contribution is 2.27. The number of ether oxygens (including phenoxy) is 1. The summed E-state index contributed by atoms with van der Waals surface area (Å²) in [5, 5.41) is 3.11. The molecule has 0 fully saturated rings. The number of halogens is 1. The van der Waals surface area contributed by atoms with Gasteiger partial charge in [0.05, 0.1) is 0 Å². The van der Waals surface area contributed by atoms with Crippen molar-refractivity contribution in [3.8, 4) is 11.5 Å². The molecular weight excluding hydrogens is 241 g/mol. The van der Waals surface area contributed by atoms with Crippen LogP contribution in [0.1, 0.15) is 16.7 Å². The number of benzene rings is 2. The molecule has 0 spiro atoms. The maximum Gasteiger partial charge on any atom is 0.168 e. The summed E-state index contributed by atoms with van der Waals surface area (Å²) in [5.74, 6) is 0.613. The minimum atomic E-state index is -0.306. The van der Waals surface area contributed by atoms with Gasteiger partial charge in [0.2, 0.25) is 0 Å². The molecule has 2 aromatic carbocycles. The first kappa shape index (κ1) is 13.6. The molecule has 2 aromatic rings. The molecule has 0 heterocycles. The van der Waals surface area contributed by atoms with Crippen LogP contribution in [0.5, 0.6) is 11.5 Å². The van der Waals surface area contributed by atoms with E-state index in [1.165, 1.54) is 5.56 Å². The second-order valence-corrected chi connectivity index (χ2v) is 4.61. The van der Waals surface area contributed by atoms with Gasteiger partial charge in [-0.2, -0.15) is 0 Å². The van der Waals surface area contributed by atoms with Crippen molar-refractivity contribution >= 4 is 0 Å². The summed E-state index contributed by atoms with van der Waals surface area (Å²) in [4.78, 5) is 0. The van der Waals surface area contributed by atoms with Crippen molar-refractivity contribution in [1.29, 1.82) is 0 Å². The molecule has 0 radical (unpaired) electrons. The molecule has 0 unspecified atom stereocenters. The monoisotopic (exact) mass is 259 g/mol. The molecule has 3 heteroatoms. The Labute approximate surface area is 113 Å². The van der Waals surface area contributed by atoms with Crippen LogP contribution < -0.4 is 10.1 Å². The normalized spacial score (nSPS) is 10.5. The lowest BCUT2D eigenvalue weighted by Gasteiger charge is -2.11.